The maximum absolute atomic E-state index is 14.4. The molecule has 4 aromatic heterocycles. The summed E-state index contributed by atoms with van der Waals surface area (Å²) in [5.41, 5.74) is 0.516. The number of nitrogens with one attached hydrogen (secondary N) is 1. The Bertz CT molecular complexity index is 1770. The molecular weight excluding hydrogens is 530 g/mol. The summed E-state index contributed by atoms with van der Waals surface area (Å²) in [6.07, 6.45) is 0.860. The van der Waals surface area contributed by atoms with Crippen LogP contribution in [0, 0.1) is 5.82 Å². The first kappa shape index (κ1) is 25.5. The number of aromatic nitrogens is 6. The van der Waals surface area contributed by atoms with Crippen molar-refractivity contribution < 1.29 is 22.4 Å². The van der Waals surface area contributed by atoms with Crippen molar-refractivity contribution in [3.63, 3.8) is 0 Å². The van der Waals surface area contributed by atoms with E-state index in [1.54, 1.807) is 40.1 Å². The molecule has 1 aliphatic heterocycles. The van der Waals surface area contributed by atoms with E-state index in [1.807, 2.05) is 6.07 Å². The van der Waals surface area contributed by atoms with Crippen molar-refractivity contribution in [3.8, 4) is 16.9 Å². The molecule has 1 fully saturated rings. The van der Waals surface area contributed by atoms with Crippen molar-refractivity contribution in [2.24, 2.45) is 0 Å². The molecule has 0 bridgehead atoms. The molecule has 13 heteroatoms. The number of benzene rings is 1. The van der Waals surface area contributed by atoms with Crippen LogP contribution >= 0.6 is 0 Å². The number of aromatic amines is 1. The fraction of sp³-hybridized carbons (Fsp3) is 0.222. The number of pyridine rings is 2. The van der Waals surface area contributed by atoms with Crippen molar-refractivity contribution >= 4 is 17.1 Å². The first-order chi connectivity index (χ1) is 19.2. The number of rotatable bonds is 4. The standard InChI is InChI=1S/C27H21F4N7O2/c28-20-13-18(5-6-19(20)27(29,30)31)38-23(16-3-1-9-32-15-16)14-21(35-38)25(39)36-11-7-17(8-12-36)37-22-4-2-10-33-24(22)34-26(37)40/h1-6,9-10,13-15,17H,7-8,11-12H2,(H,33,34,40). The van der Waals surface area contributed by atoms with Gasteiger partial charge in [-0.15, -0.1) is 0 Å². The zero-order chi connectivity index (χ0) is 28.0. The Balaban J connectivity index is 1.29. The molecule has 1 aliphatic rings. The molecule has 9 nitrogen and oxygen atoms in total. The van der Waals surface area contributed by atoms with Gasteiger partial charge in [-0.1, -0.05) is 0 Å². The molecule has 1 aromatic carbocycles. The lowest BCUT2D eigenvalue weighted by molar-refractivity contribution is -0.140. The van der Waals surface area contributed by atoms with Crippen LogP contribution in [0.5, 0.6) is 0 Å². The van der Waals surface area contributed by atoms with Crippen LogP contribution in [0.25, 0.3) is 28.1 Å². The Labute approximate surface area is 223 Å². The Kier molecular flexibility index (Phi) is 6.20. The number of piperidine rings is 1. The average Bonchev–Trinajstić information content (AvgIpc) is 3.54. The molecule has 1 saturated heterocycles. The molecule has 40 heavy (non-hydrogen) atoms. The SMILES string of the molecule is O=C(c1cc(-c2cccnc2)n(-c2ccc(C(F)(F)F)c(F)c2)n1)N1CCC(n2c(=O)[nH]c3ncccc32)CC1. The van der Waals surface area contributed by atoms with Gasteiger partial charge in [-0.2, -0.15) is 18.3 Å². The summed E-state index contributed by atoms with van der Waals surface area (Å²) in [6, 6.07) is 10.8. The summed E-state index contributed by atoms with van der Waals surface area (Å²) >= 11 is 0. The van der Waals surface area contributed by atoms with Gasteiger partial charge in [-0.3, -0.25) is 19.3 Å². The van der Waals surface area contributed by atoms with Crippen molar-refractivity contribution in [2.45, 2.75) is 25.1 Å². The Morgan fingerprint density at radius 1 is 1.02 bits per heavy atom. The number of alkyl halides is 3. The van der Waals surface area contributed by atoms with Crippen LogP contribution in [-0.4, -0.2) is 53.2 Å². The van der Waals surface area contributed by atoms with Crippen molar-refractivity contribution in [3.05, 3.63) is 94.7 Å². The van der Waals surface area contributed by atoms with E-state index >= 15 is 0 Å². The third-order valence-corrected chi connectivity index (χ3v) is 7.00. The van der Waals surface area contributed by atoms with Gasteiger partial charge in [0.15, 0.2) is 11.3 Å². The maximum atomic E-state index is 14.4. The number of carbonyl (C=O) groups is 1. The lowest BCUT2D eigenvalue weighted by Crippen LogP contribution is -2.40. The fourth-order valence-electron chi connectivity index (χ4n) is 5.08. The quantitative estimate of drug-likeness (QED) is 0.329. The zero-order valence-electron chi connectivity index (χ0n) is 20.8. The van der Waals surface area contributed by atoms with Crippen molar-refractivity contribution in [1.29, 1.82) is 0 Å². The lowest BCUT2D eigenvalue weighted by atomic mass is 10.0. The number of nitrogens with zero attached hydrogens (tertiary/aromatic N) is 6. The van der Waals surface area contributed by atoms with Crippen molar-refractivity contribution in [2.75, 3.05) is 13.1 Å². The van der Waals surface area contributed by atoms with E-state index in [2.05, 4.69) is 20.1 Å². The highest BCUT2D eigenvalue weighted by atomic mass is 19.4. The summed E-state index contributed by atoms with van der Waals surface area (Å²) in [7, 11) is 0. The van der Waals surface area contributed by atoms with Gasteiger partial charge >= 0.3 is 11.9 Å². The summed E-state index contributed by atoms with van der Waals surface area (Å²) in [5, 5.41) is 4.37. The summed E-state index contributed by atoms with van der Waals surface area (Å²) < 4.78 is 56.7. The number of amides is 1. The number of hydrogen-bond donors (Lipinski definition) is 1. The highest BCUT2D eigenvalue weighted by molar-refractivity contribution is 5.93. The smallest absolute Gasteiger partial charge is 0.337 e. The lowest BCUT2D eigenvalue weighted by Gasteiger charge is -2.32. The zero-order valence-corrected chi connectivity index (χ0v) is 20.8. The number of fused-ring (bicyclic) bond motifs is 1. The van der Waals surface area contributed by atoms with E-state index in [1.165, 1.54) is 16.9 Å². The van der Waals surface area contributed by atoms with Gasteiger partial charge in [-0.05, 0) is 55.3 Å². The maximum Gasteiger partial charge on any atom is 0.419 e. The second-order valence-electron chi connectivity index (χ2n) is 9.42. The van der Waals surface area contributed by atoms with Gasteiger partial charge in [0.25, 0.3) is 5.91 Å². The Morgan fingerprint density at radius 2 is 1.80 bits per heavy atom. The van der Waals surface area contributed by atoms with Crippen LogP contribution in [0.3, 0.4) is 0 Å². The largest absolute Gasteiger partial charge is 0.419 e. The van der Waals surface area contributed by atoms with E-state index in [0.29, 0.717) is 54.4 Å². The molecule has 5 aromatic rings. The van der Waals surface area contributed by atoms with Gasteiger partial charge in [-0.25, -0.2) is 18.9 Å². The minimum absolute atomic E-state index is 0.0226. The normalized spacial score (nSPS) is 14.7. The van der Waals surface area contributed by atoms with Crippen LogP contribution in [0.15, 0.2) is 71.9 Å². The monoisotopic (exact) mass is 551 g/mol. The summed E-state index contributed by atoms with van der Waals surface area (Å²) in [5.74, 6) is -1.84. The minimum Gasteiger partial charge on any atom is -0.337 e. The first-order valence-corrected chi connectivity index (χ1v) is 12.4. The number of hydrogen-bond acceptors (Lipinski definition) is 5. The molecule has 1 amide bonds. The van der Waals surface area contributed by atoms with E-state index in [9.17, 15) is 27.2 Å². The molecule has 0 unspecified atom stereocenters. The van der Waals surface area contributed by atoms with E-state index < -0.39 is 17.6 Å². The summed E-state index contributed by atoms with van der Waals surface area (Å²) in [6.45, 7) is 0.708. The topological polar surface area (TPSA) is 102 Å². The van der Waals surface area contributed by atoms with Crippen molar-refractivity contribution in [1.82, 2.24) is 34.2 Å². The van der Waals surface area contributed by atoms with Crippen LogP contribution in [-0.2, 0) is 6.18 Å². The van der Waals surface area contributed by atoms with Crippen LogP contribution < -0.4 is 5.69 Å². The highest BCUT2D eigenvalue weighted by Gasteiger charge is 2.34. The number of imidazole rings is 1. The molecule has 6 rings (SSSR count). The molecular formula is C27H21F4N7O2. The average molecular weight is 552 g/mol. The predicted molar refractivity (Wildman–Crippen MR) is 136 cm³/mol. The van der Waals surface area contributed by atoms with Gasteiger partial charge < -0.3 is 4.90 Å². The highest BCUT2D eigenvalue weighted by Crippen LogP contribution is 2.33. The molecule has 0 aliphatic carbocycles. The van der Waals surface area contributed by atoms with E-state index in [4.69, 9.17) is 0 Å². The first-order valence-electron chi connectivity index (χ1n) is 12.4. The molecule has 0 spiro atoms. The Morgan fingerprint density at radius 3 is 2.50 bits per heavy atom. The van der Waals surface area contributed by atoms with Crippen LogP contribution in [0.1, 0.15) is 34.9 Å². The number of carbonyl (C=O) groups excluding carboxylic acids is 1. The molecule has 0 saturated carbocycles. The molecule has 0 radical (unpaired) electrons. The second-order valence-corrected chi connectivity index (χ2v) is 9.42. The third kappa shape index (κ3) is 4.52. The number of halogens is 4. The van der Waals surface area contributed by atoms with E-state index in [-0.39, 0.29) is 29.0 Å². The summed E-state index contributed by atoms with van der Waals surface area (Å²) in [4.78, 5) is 38.7. The second kappa shape index (κ2) is 9.74. The molecule has 1 N–H and O–H groups in total. The predicted octanol–water partition coefficient (Wildman–Crippen LogP) is 4.61. The molecule has 204 valence electrons. The number of H-pyrrole nitrogens is 1. The third-order valence-electron chi connectivity index (χ3n) is 7.00. The molecule has 5 heterocycles. The van der Waals surface area contributed by atoms with Gasteiger partial charge in [0.1, 0.15) is 5.82 Å². The Hall–Kier alpha value is -4.81. The van der Waals surface area contributed by atoms with Gasteiger partial charge in [0.05, 0.1) is 22.5 Å². The van der Waals surface area contributed by atoms with Crippen LogP contribution in [0.4, 0.5) is 17.6 Å². The number of likely N-dealkylation sites (tertiary alicyclic amines) is 1. The van der Waals surface area contributed by atoms with Gasteiger partial charge in [0.2, 0.25) is 0 Å². The minimum atomic E-state index is -4.85. The van der Waals surface area contributed by atoms with E-state index in [0.717, 1.165) is 12.1 Å². The molecule has 0 atom stereocenters. The fourth-order valence-corrected chi connectivity index (χ4v) is 5.08. The van der Waals surface area contributed by atoms with Crippen LogP contribution in [0.2, 0.25) is 0 Å². The van der Waals surface area contributed by atoms with Gasteiger partial charge in [0, 0.05) is 49.4 Å².